The summed E-state index contributed by atoms with van der Waals surface area (Å²) in [6, 6.07) is 19.2. The molecule has 31 heavy (non-hydrogen) atoms. The lowest BCUT2D eigenvalue weighted by Gasteiger charge is -2.24. The van der Waals surface area contributed by atoms with Crippen LogP contribution >= 0.6 is 0 Å². The SMILES string of the molecule is COc1cccc(NC(=O)CN(c2cccc([N+](=O)[O-])c2)S(=O)(=O)c2ccccc2)c1. The molecule has 0 unspecified atom stereocenters. The Morgan fingerprint density at radius 2 is 1.74 bits per heavy atom. The van der Waals surface area contributed by atoms with Gasteiger partial charge in [-0.25, -0.2) is 8.42 Å². The van der Waals surface area contributed by atoms with Gasteiger partial charge in [0.25, 0.3) is 15.7 Å². The molecule has 1 amide bonds. The van der Waals surface area contributed by atoms with E-state index in [1.54, 1.807) is 42.5 Å². The van der Waals surface area contributed by atoms with Crippen molar-refractivity contribution in [1.82, 2.24) is 0 Å². The molecule has 0 aliphatic rings. The highest BCUT2D eigenvalue weighted by atomic mass is 32.2. The van der Waals surface area contributed by atoms with E-state index in [1.165, 1.54) is 37.4 Å². The van der Waals surface area contributed by atoms with Gasteiger partial charge in [0.2, 0.25) is 5.91 Å². The third-order valence-electron chi connectivity index (χ3n) is 4.30. The number of sulfonamides is 1. The number of methoxy groups -OCH3 is 1. The first-order valence-corrected chi connectivity index (χ1v) is 10.5. The van der Waals surface area contributed by atoms with Crippen LogP contribution in [0.3, 0.4) is 0 Å². The number of hydrogen-bond acceptors (Lipinski definition) is 6. The predicted octanol–water partition coefficient (Wildman–Crippen LogP) is 3.44. The molecular weight excluding hydrogens is 422 g/mol. The van der Waals surface area contributed by atoms with Crippen LogP contribution in [-0.2, 0) is 14.8 Å². The van der Waals surface area contributed by atoms with E-state index in [4.69, 9.17) is 4.74 Å². The molecule has 0 saturated heterocycles. The van der Waals surface area contributed by atoms with Crippen molar-refractivity contribution >= 4 is 33.0 Å². The van der Waals surface area contributed by atoms with Gasteiger partial charge in [-0.15, -0.1) is 0 Å². The summed E-state index contributed by atoms with van der Waals surface area (Å²) in [5, 5.41) is 13.8. The lowest BCUT2D eigenvalue weighted by Crippen LogP contribution is -2.38. The zero-order valence-corrected chi connectivity index (χ0v) is 17.3. The Hall–Kier alpha value is -3.92. The van der Waals surface area contributed by atoms with Gasteiger partial charge in [0, 0.05) is 23.9 Å². The molecule has 3 aromatic rings. The van der Waals surface area contributed by atoms with Gasteiger partial charge in [-0.1, -0.05) is 30.3 Å². The van der Waals surface area contributed by atoms with Crippen molar-refractivity contribution in [2.45, 2.75) is 4.90 Å². The van der Waals surface area contributed by atoms with Crippen molar-refractivity contribution in [3.8, 4) is 5.75 Å². The smallest absolute Gasteiger partial charge is 0.271 e. The van der Waals surface area contributed by atoms with Crippen molar-refractivity contribution in [2.24, 2.45) is 0 Å². The molecule has 0 aromatic heterocycles. The lowest BCUT2D eigenvalue weighted by atomic mass is 10.2. The normalized spacial score (nSPS) is 10.9. The summed E-state index contributed by atoms with van der Waals surface area (Å²) in [7, 11) is -2.69. The van der Waals surface area contributed by atoms with Crippen LogP contribution in [0, 0.1) is 10.1 Å². The second-order valence-corrected chi connectivity index (χ2v) is 8.24. The zero-order valence-electron chi connectivity index (χ0n) is 16.5. The molecule has 3 rings (SSSR count). The molecule has 0 aliphatic carbocycles. The van der Waals surface area contributed by atoms with Crippen LogP contribution in [0.4, 0.5) is 17.1 Å². The molecule has 3 aromatic carbocycles. The van der Waals surface area contributed by atoms with Crippen LogP contribution in [0.1, 0.15) is 0 Å². The maximum absolute atomic E-state index is 13.3. The van der Waals surface area contributed by atoms with E-state index in [0.29, 0.717) is 11.4 Å². The van der Waals surface area contributed by atoms with Gasteiger partial charge in [0.1, 0.15) is 12.3 Å². The number of amides is 1. The monoisotopic (exact) mass is 441 g/mol. The Morgan fingerprint density at radius 1 is 1.03 bits per heavy atom. The predicted molar refractivity (Wildman–Crippen MR) is 116 cm³/mol. The third kappa shape index (κ3) is 5.17. The lowest BCUT2D eigenvalue weighted by molar-refractivity contribution is -0.384. The summed E-state index contributed by atoms with van der Waals surface area (Å²) in [4.78, 5) is 23.2. The van der Waals surface area contributed by atoms with E-state index in [9.17, 15) is 23.3 Å². The highest BCUT2D eigenvalue weighted by Gasteiger charge is 2.28. The molecule has 9 nitrogen and oxygen atoms in total. The van der Waals surface area contributed by atoms with Crippen molar-refractivity contribution in [2.75, 3.05) is 23.3 Å². The van der Waals surface area contributed by atoms with Gasteiger partial charge in [-0.05, 0) is 30.3 Å². The standard InChI is InChI=1S/C21H19N3O6S/c1-30-19-10-5-7-16(13-19)22-21(25)15-23(17-8-6-9-18(14-17)24(26)27)31(28,29)20-11-3-2-4-12-20/h2-14H,15H2,1H3,(H,22,25). The van der Waals surface area contributed by atoms with E-state index >= 15 is 0 Å². The van der Waals surface area contributed by atoms with E-state index in [0.717, 1.165) is 10.4 Å². The Bertz CT molecular complexity index is 1200. The number of carbonyl (C=O) groups is 1. The minimum absolute atomic E-state index is 0.00107. The molecule has 160 valence electrons. The number of anilines is 2. The van der Waals surface area contributed by atoms with Gasteiger partial charge >= 0.3 is 0 Å². The maximum Gasteiger partial charge on any atom is 0.271 e. The largest absolute Gasteiger partial charge is 0.497 e. The van der Waals surface area contributed by atoms with Crippen molar-refractivity contribution in [3.05, 3.63) is 89.0 Å². The Balaban J connectivity index is 1.97. The molecule has 0 heterocycles. The molecule has 0 aliphatic heterocycles. The van der Waals surface area contributed by atoms with E-state index in [1.807, 2.05) is 0 Å². The second kappa shape index (κ2) is 9.26. The van der Waals surface area contributed by atoms with Crippen LogP contribution in [0.2, 0.25) is 0 Å². The first-order chi connectivity index (χ1) is 14.8. The van der Waals surface area contributed by atoms with Crippen LogP contribution in [0.15, 0.2) is 83.8 Å². The molecule has 0 atom stereocenters. The van der Waals surface area contributed by atoms with E-state index in [-0.39, 0.29) is 16.3 Å². The molecule has 10 heteroatoms. The second-order valence-electron chi connectivity index (χ2n) is 6.38. The number of benzene rings is 3. The molecule has 1 N–H and O–H groups in total. The Kier molecular flexibility index (Phi) is 6.51. The molecule has 0 fully saturated rings. The Labute approximate surface area is 179 Å². The fourth-order valence-electron chi connectivity index (χ4n) is 2.83. The van der Waals surface area contributed by atoms with Gasteiger partial charge in [0.05, 0.1) is 22.6 Å². The quantitative estimate of drug-likeness (QED) is 0.422. The van der Waals surface area contributed by atoms with Crippen LogP contribution in [-0.4, -0.2) is 32.9 Å². The fourth-order valence-corrected chi connectivity index (χ4v) is 4.26. The number of ether oxygens (including phenoxy) is 1. The molecule has 0 radical (unpaired) electrons. The van der Waals surface area contributed by atoms with Crippen LogP contribution in [0.5, 0.6) is 5.75 Å². The first kappa shape index (κ1) is 21.8. The van der Waals surface area contributed by atoms with E-state index < -0.39 is 27.4 Å². The summed E-state index contributed by atoms with van der Waals surface area (Å²) in [5.74, 6) is -0.107. The van der Waals surface area contributed by atoms with Gasteiger partial charge in [0.15, 0.2) is 0 Å². The molecule has 0 spiro atoms. The van der Waals surface area contributed by atoms with E-state index in [2.05, 4.69) is 5.32 Å². The summed E-state index contributed by atoms with van der Waals surface area (Å²) >= 11 is 0. The number of hydrogen-bond donors (Lipinski definition) is 1. The number of nitrogens with one attached hydrogen (secondary N) is 1. The molecular formula is C21H19N3O6S. The highest BCUT2D eigenvalue weighted by Crippen LogP contribution is 2.27. The summed E-state index contributed by atoms with van der Waals surface area (Å²) < 4.78 is 32.5. The number of non-ortho nitro benzene ring substituents is 1. The number of nitro groups is 1. The minimum atomic E-state index is -4.17. The van der Waals surface area contributed by atoms with Crippen molar-refractivity contribution in [1.29, 1.82) is 0 Å². The Morgan fingerprint density at radius 3 is 2.42 bits per heavy atom. The average Bonchev–Trinajstić information content (AvgIpc) is 2.78. The van der Waals surface area contributed by atoms with Gasteiger partial charge in [-0.2, -0.15) is 0 Å². The average molecular weight is 441 g/mol. The summed E-state index contributed by atoms with van der Waals surface area (Å²) in [6.07, 6.45) is 0. The van der Waals surface area contributed by atoms with Crippen molar-refractivity contribution in [3.63, 3.8) is 0 Å². The fraction of sp³-hybridized carbons (Fsp3) is 0.0952. The number of nitro benzene ring substituents is 1. The van der Waals surface area contributed by atoms with Gasteiger partial charge < -0.3 is 10.1 Å². The molecule has 0 saturated carbocycles. The number of carbonyl (C=O) groups excluding carboxylic acids is 1. The summed E-state index contributed by atoms with van der Waals surface area (Å²) in [6.45, 7) is -0.588. The number of nitrogens with zero attached hydrogens (tertiary/aromatic N) is 2. The minimum Gasteiger partial charge on any atom is -0.497 e. The third-order valence-corrected chi connectivity index (χ3v) is 6.09. The van der Waals surface area contributed by atoms with Crippen LogP contribution < -0.4 is 14.4 Å². The zero-order chi connectivity index (χ0) is 22.4. The molecule has 0 bridgehead atoms. The van der Waals surface area contributed by atoms with Crippen LogP contribution in [0.25, 0.3) is 0 Å². The number of rotatable bonds is 8. The van der Waals surface area contributed by atoms with Crippen molar-refractivity contribution < 1.29 is 22.9 Å². The highest BCUT2D eigenvalue weighted by molar-refractivity contribution is 7.92. The first-order valence-electron chi connectivity index (χ1n) is 9.07. The maximum atomic E-state index is 13.3. The topological polar surface area (TPSA) is 119 Å². The van der Waals surface area contributed by atoms with Gasteiger partial charge in [-0.3, -0.25) is 19.2 Å². The summed E-state index contributed by atoms with van der Waals surface area (Å²) in [5.41, 5.74) is 0.123.